The fourth-order valence-electron chi connectivity index (χ4n) is 7.24. The number of aliphatic carboxylic acids is 4. The van der Waals surface area contributed by atoms with Gasteiger partial charge in [0.15, 0.2) is 0 Å². The topological polar surface area (TPSA) is 394 Å². The van der Waals surface area contributed by atoms with Crippen molar-refractivity contribution in [1.82, 2.24) is 32.0 Å². The van der Waals surface area contributed by atoms with E-state index in [2.05, 4.69) is 32.0 Å². The molecule has 0 spiro atoms. The summed E-state index contributed by atoms with van der Waals surface area (Å²) in [4.78, 5) is 118. The zero-order valence-corrected chi connectivity index (χ0v) is 41.5. The van der Waals surface area contributed by atoms with Crippen LogP contribution in [0.15, 0.2) is 0 Å². The van der Waals surface area contributed by atoms with Gasteiger partial charge in [-0.05, 0) is 57.8 Å². The van der Waals surface area contributed by atoms with Gasteiger partial charge in [0, 0.05) is 45.2 Å². The molecule has 0 saturated heterocycles. The molecular weight excluding hydrogens is 933 g/mol. The van der Waals surface area contributed by atoms with E-state index in [4.69, 9.17) is 26.2 Å². The number of ether oxygens (including phenoxy) is 2. The van der Waals surface area contributed by atoms with Crippen LogP contribution in [0.3, 0.4) is 0 Å². The van der Waals surface area contributed by atoms with Crippen LogP contribution in [0, 0.1) is 0 Å². The van der Waals surface area contributed by atoms with Crippen LogP contribution < -0.4 is 43.6 Å². The molecule has 0 bridgehead atoms. The first-order valence-corrected chi connectivity index (χ1v) is 25.2. The fraction of sp³-hybridized carbons (Fsp3) is 0.787. The minimum Gasteiger partial charge on any atom is -0.481 e. The zero-order valence-electron chi connectivity index (χ0n) is 41.5. The fourth-order valence-corrected chi connectivity index (χ4v) is 7.24. The van der Waals surface area contributed by atoms with Crippen LogP contribution in [0.1, 0.15) is 173 Å². The third-order valence-electron chi connectivity index (χ3n) is 11.4. The van der Waals surface area contributed by atoms with Gasteiger partial charge in [0.25, 0.3) is 0 Å². The molecule has 408 valence electrons. The molecule has 24 nitrogen and oxygen atoms in total. The lowest BCUT2D eigenvalue weighted by Crippen LogP contribution is -2.45. The van der Waals surface area contributed by atoms with Crippen molar-refractivity contribution in [3.8, 4) is 0 Å². The van der Waals surface area contributed by atoms with E-state index >= 15 is 0 Å². The minimum absolute atomic E-state index is 0.0364. The maximum Gasteiger partial charge on any atom is 0.326 e. The van der Waals surface area contributed by atoms with E-state index in [0.29, 0.717) is 38.5 Å². The summed E-state index contributed by atoms with van der Waals surface area (Å²) in [6, 6.07) is -4.64. The van der Waals surface area contributed by atoms with E-state index in [-0.39, 0.29) is 89.7 Å². The molecule has 71 heavy (non-hydrogen) atoms. The average molecular weight is 1020 g/mol. The number of hydrogen-bond acceptors (Lipinski definition) is 14. The van der Waals surface area contributed by atoms with E-state index in [1.807, 2.05) is 0 Å². The Morgan fingerprint density at radius 3 is 1.27 bits per heavy atom. The molecule has 0 aliphatic carbocycles. The van der Waals surface area contributed by atoms with E-state index in [1.165, 1.54) is 32.1 Å². The summed E-state index contributed by atoms with van der Waals surface area (Å²) in [6.45, 7) is 0.0626. The molecule has 0 radical (unpaired) electrons. The van der Waals surface area contributed by atoms with E-state index in [9.17, 15) is 63.3 Å². The van der Waals surface area contributed by atoms with Gasteiger partial charge in [0.05, 0.1) is 25.9 Å². The van der Waals surface area contributed by atoms with Crippen molar-refractivity contribution in [2.24, 2.45) is 11.6 Å². The van der Waals surface area contributed by atoms with Crippen LogP contribution in [0.5, 0.6) is 0 Å². The number of carbonyl (C=O) groups is 10. The molecule has 0 fully saturated rings. The molecule has 0 saturated carbocycles. The number of rotatable bonds is 49. The van der Waals surface area contributed by atoms with Crippen LogP contribution in [0.2, 0.25) is 0 Å². The smallest absolute Gasteiger partial charge is 0.326 e. The van der Waals surface area contributed by atoms with Crippen LogP contribution in [-0.2, 0) is 57.4 Å². The predicted octanol–water partition coefficient (Wildman–Crippen LogP) is 1.89. The second-order valence-electron chi connectivity index (χ2n) is 17.5. The standard InChI is InChI=1S/C47H84N8O16/c48-44(63)34(55-49)19-17-18-28-50-39(57)26-24-36(46(66)67)53-41(59)27-25-37(47(68)69)54-42(60)33-71-32-31-70-30-29-51-38(56)21-16-15-20-35(45(64)65)52-40(58)22-13-11-9-7-5-3-1-2-4-6-8-10-12-14-23-43(61)62/h34-37,55H,1-33,49H2,(H2,48,63)(H,50,57)(H,51,56)(H,52,58)(H,53,59)(H,54,60)(H,61,62)(H,64,65)(H,66,67)(H,68,69)/t34-,35-,36-,37-/m0/s1. The molecule has 0 heterocycles. The Kier molecular flexibility index (Phi) is 40.0. The van der Waals surface area contributed by atoms with Crippen LogP contribution >= 0.6 is 0 Å². The van der Waals surface area contributed by atoms with Gasteiger partial charge in [-0.3, -0.25) is 39.4 Å². The van der Waals surface area contributed by atoms with Crippen molar-refractivity contribution >= 4 is 59.3 Å². The van der Waals surface area contributed by atoms with Gasteiger partial charge < -0.3 is 62.2 Å². The number of carboxylic acids is 4. The number of nitrogens with two attached hydrogens (primary N) is 2. The lowest BCUT2D eigenvalue weighted by molar-refractivity contribution is -0.144. The largest absolute Gasteiger partial charge is 0.481 e. The molecule has 0 aromatic carbocycles. The molecule has 0 aliphatic rings. The Balaban J connectivity index is 4.07. The molecule has 0 aliphatic heterocycles. The molecule has 14 N–H and O–H groups in total. The zero-order chi connectivity index (χ0) is 53.1. The molecular formula is C47H84N8O16. The van der Waals surface area contributed by atoms with Gasteiger partial charge in [0.1, 0.15) is 24.7 Å². The summed E-state index contributed by atoms with van der Waals surface area (Å²) in [5, 5.41) is 49.6. The third kappa shape index (κ3) is 39.9. The van der Waals surface area contributed by atoms with Crippen molar-refractivity contribution in [3.63, 3.8) is 0 Å². The van der Waals surface area contributed by atoms with Gasteiger partial charge in [0.2, 0.25) is 35.4 Å². The highest BCUT2D eigenvalue weighted by Gasteiger charge is 2.25. The van der Waals surface area contributed by atoms with Crippen LogP contribution in [-0.4, -0.2) is 143 Å². The van der Waals surface area contributed by atoms with Gasteiger partial charge in [-0.25, -0.2) is 19.8 Å². The van der Waals surface area contributed by atoms with Crippen LogP contribution in [0.25, 0.3) is 0 Å². The molecule has 24 heteroatoms. The summed E-state index contributed by atoms with van der Waals surface area (Å²) < 4.78 is 10.6. The molecule has 4 atom stereocenters. The molecule has 6 amide bonds. The monoisotopic (exact) mass is 1020 g/mol. The van der Waals surface area contributed by atoms with Gasteiger partial charge in [-0.2, -0.15) is 0 Å². The quantitative estimate of drug-likeness (QED) is 0.0235. The predicted molar refractivity (Wildman–Crippen MR) is 259 cm³/mol. The highest BCUT2D eigenvalue weighted by atomic mass is 16.5. The summed E-state index contributed by atoms with van der Waals surface area (Å²) in [7, 11) is 0. The number of hydrogen-bond donors (Lipinski definition) is 12. The van der Waals surface area contributed by atoms with Crippen LogP contribution in [0.4, 0.5) is 0 Å². The van der Waals surface area contributed by atoms with Crippen molar-refractivity contribution in [3.05, 3.63) is 0 Å². The number of nitrogens with one attached hydrogen (secondary N) is 6. The Morgan fingerprint density at radius 1 is 0.380 bits per heavy atom. The van der Waals surface area contributed by atoms with E-state index < -0.39 is 84.7 Å². The second kappa shape index (κ2) is 43.3. The van der Waals surface area contributed by atoms with Gasteiger partial charge in [-0.1, -0.05) is 83.5 Å². The molecule has 0 aromatic heterocycles. The minimum atomic E-state index is -1.48. The first-order chi connectivity index (χ1) is 34.0. The Hall–Kier alpha value is -5.46. The van der Waals surface area contributed by atoms with Gasteiger partial charge in [-0.15, -0.1) is 0 Å². The Labute approximate surface area is 416 Å². The number of unbranched alkanes of at least 4 members (excludes halogenated alkanes) is 15. The molecule has 0 rings (SSSR count). The first-order valence-electron chi connectivity index (χ1n) is 25.2. The number of hydrazine groups is 1. The number of primary amides is 1. The summed E-state index contributed by atoms with van der Waals surface area (Å²) in [6.07, 6.45) is 16.7. The Bertz CT molecular complexity index is 1590. The summed E-state index contributed by atoms with van der Waals surface area (Å²) >= 11 is 0. The van der Waals surface area contributed by atoms with E-state index in [0.717, 1.165) is 51.4 Å². The van der Waals surface area contributed by atoms with E-state index in [1.54, 1.807) is 0 Å². The van der Waals surface area contributed by atoms with Crippen molar-refractivity contribution in [2.75, 3.05) is 39.5 Å². The maximum absolute atomic E-state index is 12.4. The number of carboxylic acid groups (broad SMARTS) is 4. The lowest BCUT2D eigenvalue weighted by Gasteiger charge is -2.17. The van der Waals surface area contributed by atoms with Crippen molar-refractivity contribution in [2.45, 2.75) is 198 Å². The lowest BCUT2D eigenvalue weighted by atomic mass is 10.0. The second-order valence-corrected chi connectivity index (χ2v) is 17.5. The normalized spacial score (nSPS) is 12.7. The number of amides is 6. The molecule has 0 unspecified atom stereocenters. The third-order valence-corrected chi connectivity index (χ3v) is 11.4. The maximum atomic E-state index is 12.4. The Morgan fingerprint density at radius 2 is 0.761 bits per heavy atom. The summed E-state index contributed by atoms with van der Waals surface area (Å²) in [5.74, 6) is -2.64. The SMILES string of the molecule is NN[C@@H](CCCCNC(=O)CC[C@H](NC(=O)CC[C@H](NC(=O)COCCOCCNC(=O)CCCC[C@H](NC(=O)CCCCCCCCCCCCCCCCC(=O)O)C(=O)O)C(=O)O)C(=O)O)C(N)=O. The van der Waals surface area contributed by atoms with Gasteiger partial charge >= 0.3 is 23.9 Å². The highest BCUT2D eigenvalue weighted by molar-refractivity contribution is 5.87. The first kappa shape index (κ1) is 65.5. The number of carbonyl (C=O) groups excluding carboxylic acids is 6. The highest BCUT2D eigenvalue weighted by Crippen LogP contribution is 2.14. The van der Waals surface area contributed by atoms with Crippen molar-refractivity contribution < 1.29 is 77.8 Å². The van der Waals surface area contributed by atoms with Crippen molar-refractivity contribution in [1.29, 1.82) is 0 Å². The molecule has 0 aromatic rings. The average Bonchev–Trinajstić information content (AvgIpc) is 3.31. The summed E-state index contributed by atoms with van der Waals surface area (Å²) in [5.41, 5.74) is 7.48.